The predicted molar refractivity (Wildman–Crippen MR) is 67.5 cm³/mol. The molecular weight excluding hydrogens is 216 g/mol. The fraction of sp³-hybridized carbons (Fsp3) is 0.538. The van der Waals surface area contributed by atoms with Gasteiger partial charge in [0.2, 0.25) is 0 Å². The third-order valence-corrected chi connectivity index (χ3v) is 2.87. The van der Waals surface area contributed by atoms with Crippen molar-refractivity contribution in [1.82, 2.24) is 5.32 Å². The molecular formula is C13H20N2O2. The van der Waals surface area contributed by atoms with Crippen LogP contribution in [0.1, 0.15) is 17.5 Å². The van der Waals surface area contributed by atoms with E-state index >= 15 is 0 Å². The first-order valence-electron chi connectivity index (χ1n) is 6.11. The summed E-state index contributed by atoms with van der Waals surface area (Å²) in [5.41, 5.74) is 7.94. The molecule has 0 aliphatic carbocycles. The van der Waals surface area contributed by atoms with Gasteiger partial charge in [-0.3, -0.25) is 0 Å². The third kappa shape index (κ3) is 3.11. The molecule has 1 aromatic rings. The molecule has 1 aliphatic rings. The summed E-state index contributed by atoms with van der Waals surface area (Å²) in [7, 11) is 0. The highest BCUT2D eigenvalue weighted by atomic mass is 16.6. The first-order chi connectivity index (χ1) is 8.31. The van der Waals surface area contributed by atoms with Gasteiger partial charge in [0.25, 0.3) is 0 Å². The van der Waals surface area contributed by atoms with E-state index in [0.717, 1.165) is 37.6 Å². The maximum absolute atomic E-state index is 5.57. The van der Waals surface area contributed by atoms with Crippen LogP contribution in [0.3, 0.4) is 0 Å². The molecule has 0 atom stereocenters. The average molecular weight is 236 g/mol. The number of hydrogen-bond donors (Lipinski definition) is 2. The van der Waals surface area contributed by atoms with Crippen molar-refractivity contribution in [3.63, 3.8) is 0 Å². The van der Waals surface area contributed by atoms with Gasteiger partial charge in [-0.2, -0.15) is 0 Å². The van der Waals surface area contributed by atoms with Crippen LogP contribution < -0.4 is 20.5 Å². The van der Waals surface area contributed by atoms with E-state index in [0.29, 0.717) is 13.2 Å². The Hall–Kier alpha value is -1.26. The monoisotopic (exact) mass is 236 g/mol. The fourth-order valence-corrected chi connectivity index (χ4v) is 1.87. The summed E-state index contributed by atoms with van der Waals surface area (Å²) in [5, 5.41) is 3.37. The molecule has 0 aromatic heterocycles. The standard InChI is InChI=1S/C13H20N2O2/c1-10-7-12-13(17-6-5-16-12)8-11(10)9-15-4-2-3-14/h7-8,15H,2-6,9,14H2,1H3. The summed E-state index contributed by atoms with van der Waals surface area (Å²) >= 11 is 0. The van der Waals surface area contributed by atoms with Crippen molar-refractivity contribution in [3.8, 4) is 11.5 Å². The number of benzene rings is 1. The SMILES string of the molecule is Cc1cc2c(cc1CNCCCN)OCCO2. The lowest BCUT2D eigenvalue weighted by Gasteiger charge is -2.20. The molecule has 94 valence electrons. The zero-order valence-corrected chi connectivity index (χ0v) is 10.3. The molecule has 0 amide bonds. The molecule has 1 aromatic carbocycles. The predicted octanol–water partition coefficient (Wildman–Crippen LogP) is 1.20. The van der Waals surface area contributed by atoms with Crippen LogP contribution in [0.15, 0.2) is 12.1 Å². The number of ether oxygens (including phenoxy) is 2. The van der Waals surface area contributed by atoms with Crippen molar-refractivity contribution in [2.75, 3.05) is 26.3 Å². The number of nitrogens with one attached hydrogen (secondary N) is 1. The van der Waals surface area contributed by atoms with E-state index in [1.54, 1.807) is 0 Å². The summed E-state index contributed by atoms with van der Waals surface area (Å²) in [6.45, 7) is 5.90. The molecule has 4 nitrogen and oxygen atoms in total. The zero-order valence-electron chi connectivity index (χ0n) is 10.3. The Morgan fingerprint density at radius 1 is 1.24 bits per heavy atom. The molecule has 4 heteroatoms. The van der Waals surface area contributed by atoms with Gasteiger partial charge in [0.15, 0.2) is 11.5 Å². The third-order valence-electron chi connectivity index (χ3n) is 2.87. The lowest BCUT2D eigenvalue weighted by Crippen LogP contribution is -2.19. The number of hydrogen-bond acceptors (Lipinski definition) is 4. The summed E-state index contributed by atoms with van der Waals surface area (Å²) in [6, 6.07) is 4.12. The maximum atomic E-state index is 5.57. The molecule has 0 unspecified atom stereocenters. The van der Waals surface area contributed by atoms with E-state index in [1.165, 1.54) is 11.1 Å². The van der Waals surface area contributed by atoms with Crippen LogP contribution >= 0.6 is 0 Å². The van der Waals surface area contributed by atoms with Gasteiger partial charge in [-0.1, -0.05) is 0 Å². The van der Waals surface area contributed by atoms with Gasteiger partial charge in [0.1, 0.15) is 13.2 Å². The van der Waals surface area contributed by atoms with Crippen LogP contribution in [0.4, 0.5) is 0 Å². The molecule has 0 bridgehead atoms. The van der Waals surface area contributed by atoms with Crippen LogP contribution in [0.2, 0.25) is 0 Å². The van der Waals surface area contributed by atoms with Crippen LogP contribution in [0.5, 0.6) is 11.5 Å². The molecule has 1 heterocycles. The smallest absolute Gasteiger partial charge is 0.161 e. The van der Waals surface area contributed by atoms with Crippen LogP contribution in [0, 0.1) is 6.92 Å². The average Bonchev–Trinajstić information content (AvgIpc) is 2.35. The summed E-state index contributed by atoms with van der Waals surface area (Å²) in [5.74, 6) is 1.72. The minimum atomic E-state index is 0.635. The first-order valence-corrected chi connectivity index (χ1v) is 6.11. The minimum absolute atomic E-state index is 0.635. The van der Waals surface area contributed by atoms with E-state index in [1.807, 2.05) is 0 Å². The van der Waals surface area contributed by atoms with Gasteiger partial charge < -0.3 is 20.5 Å². The van der Waals surface area contributed by atoms with E-state index < -0.39 is 0 Å². The highest BCUT2D eigenvalue weighted by Crippen LogP contribution is 2.32. The number of fused-ring (bicyclic) bond motifs is 1. The Morgan fingerprint density at radius 2 is 1.94 bits per heavy atom. The molecule has 17 heavy (non-hydrogen) atoms. The molecule has 1 aliphatic heterocycles. The molecule has 0 saturated heterocycles. The fourth-order valence-electron chi connectivity index (χ4n) is 1.87. The van der Waals surface area contributed by atoms with Crippen LogP contribution in [0.25, 0.3) is 0 Å². The molecule has 2 rings (SSSR count). The van der Waals surface area contributed by atoms with Gasteiger partial charge in [-0.15, -0.1) is 0 Å². The lowest BCUT2D eigenvalue weighted by molar-refractivity contribution is 0.171. The van der Waals surface area contributed by atoms with E-state index in [-0.39, 0.29) is 0 Å². The Bertz CT molecular complexity index is 380. The second kappa shape index (κ2) is 5.89. The van der Waals surface area contributed by atoms with Gasteiger partial charge in [0.05, 0.1) is 0 Å². The molecule has 0 spiro atoms. The topological polar surface area (TPSA) is 56.5 Å². The van der Waals surface area contributed by atoms with Crippen molar-refractivity contribution in [2.24, 2.45) is 5.73 Å². The molecule has 0 saturated carbocycles. The quantitative estimate of drug-likeness (QED) is 0.754. The van der Waals surface area contributed by atoms with Crippen molar-refractivity contribution >= 4 is 0 Å². The maximum Gasteiger partial charge on any atom is 0.161 e. The van der Waals surface area contributed by atoms with Gasteiger partial charge >= 0.3 is 0 Å². The second-order valence-corrected chi connectivity index (χ2v) is 4.24. The Kier molecular flexibility index (Phi) is 4.23. The van der Waals surface area contributed by atoms with Gasteiger partial charge in [0, 0.05) is 6.54 Å². The van der Waals surface area contributed by atoms with Crippen molar-refractivity contribution in [3.05, 3.63) is 23.3 Å². The van der Waals surface area contributed by atoms with E-state index in [9.17, 15) is 0 Å². The van der Waals surface area contributed by atoms with E-state index in [4.69, 9.17) is 15.2 Å². The van der Waals surface area contributed by atoms with Crippen LogP contribution in [-0.2, 0) is 6.54 Å². The normalized spacial score (nSPS) is 13.8. The summed E-state index contributed by atoms with van der Waals surface area (Å²) in [4.78, 5) is 0. The number of aryl methyl sites for hydroxylation is 1. The molecule has 0 fully saturated rings. The van der Waals surface area contributed by atoms with Gasteiger partial charge in [-0.05, 0) is 49.7 Å². The number of nitrogens with two attached hydrogens (primary N) is 1. The second-order valence-electron chi connectivity index (χ2n) is 4.24. The van der Waals surface area contributed by atoms with Crippen LogP contribution in [-0.4, -0.2) is 26.3 Å². The molecule has 0 radical (unpaired) electrons. The Labute approximate surface area is 102 Å². The van der Waals surface area contributed by atoms with Crippen molar-refractivity contribution < 1.29 is 9.47 Å². The van der Waals surface area contributed by atoms with Crippen molar-refractivity contribution in [1.29, 1.82) is 0 Å². The van der Waals surface area contributed by atoms with Gasteiger partial charge in [-0.25, -0.2) is 0 Å². The zero-order chi connectivity index (χ0) is 12.1. The van der Waals surface area contributed by atoms with E-state index in [2.05, 4.69) is 24.4 Å². The summed E-state index contributed by atoms with van der Waals surface area (Å²) in [6.07, 6.45) is 1.00. The lowest BCUT2D eigenvalue weighted by atomic mass is 10.1. The summed E-state index contributed by atoms with van der Waals surface area (Å²) < 4.78 is 11.1. The largest absolute Gasteiger partial charge is 0.486 e. The number of rotatable bonds is 5. The molecule has 3 N–H and O–H groups in total. The first kappa shape index (κ1) is 12.2. The highest BCUT2D eigenvalue weighted by molar-refractivity contribution is 5.47. The Morgan fingerprint density at radius 3 is 2.65 bits per heavy atom. The van der Waals surface area contributed by atoms with Crippen molar-refractivity contribution in [2.45, 2.75) is 19.9 Å². The highest BCUT2D eigenvalue weighted by Gasteiger charge is 2.13. The Balaban J connectivity index is 2.01. The minimum Gasteiger partial charge on any atom is -0.486 e.